The molecule has 1 saturated carbocycles. The molecule has 2 aliphatic heterocycles. The number of pyridine rings is 1. The van der Waals surface area contributed by atoms with Crippen molar-refractivity contribution in [1.29, 1.82) is 0 Å². The van der Waals surface area contributed by atoms with Gasteiger partial charge in [-0.2, -0.15) is 0 Å². The molecular weight excluding hydrogens is 404 g/mol. The summed E-state index contributed by atoms with van der Waals surface area (Å²) < 4.78 is 5.17. The molecule has 5 rings (SSSR count). The van der Waals surface area contributed by atoms with Gasteiger partial charge < -0.3 is 14.5 Å². The number of carbonyl (C=O) groups is 2. The van der Waals surface area contributed by atoms with Crippen molar-refractivity contribution in [2.75, 3.05) is 42.6 Å². The lowest BCUT2D eigenvalue weighted by Gasteiger charge is -2.36. The van der Waals surface area contributed by atoms with E-state index in [9.17, 15) is 9.59 Å². The van der Waals surface area contributed by atoms with Crippen LogP contribution in [0.2, 0.25) is 0 Å². The van der Waals surface area contributed by atoms with Gasteiger partial charge in [-0.15, -0.1) is 0 Å². The molecule has 0 N–H and O–H groups in total. The van der Waals surface area contributed by atoms with Crippen LogP contribution in [0.4, 0.5) is 16.3 Å². The third-order valence-electron chi connectivity index (χ3n) is 6.81. The highest BCUT2D eigenvalue weighted by Gasteiger charge is 2.33. The quantitative estimate of drug-likeness (QED) is 0.713. The Kier molecular flexibility index (Phi) is 5.49. The first-order chi connectivity index (χ1) is 15.5. The maximum atomic E-state index is 13.0. The van der Waals surface area contributed by atoms with Crippen molar-refractivity contribution in [3.8, 4) is 0 Å². The van der Waals surface area contributed by atoms with Crippen LogP contribution in [-0.4, -0.2) is 60.7 Å². The Morgan fingerprint density at radius 1 is 1.12 bits per heavy atom. The fourth-order valence-electron chi connectivity index (χ4n) is 4.71. The zero-order chi connectivity index (χ0) is 22.2. The number of cyclic esters (lactones) is 1. The Hall–Kier alpha value is -3.09. The molecule has 0 radical (unpaired) electrons. The van der Waals surface area contributed by atoms with Crippen LogP contribution in [0, 0.1) is 6.92 Å². The summed E-state index contributed by atoms with van der Waals surface area (Å²) in [5, 5.41) is 0. The Labute approximate surface area is 189 Å². The molecule has 32 heavy (non-hydrogen) atoms. The van der Waals surface area contributed by atoms with E-state index in [-0.39, 0.29) is 18.0 Å². The topological polar surface area (TPSA) is 66.0 Å². The summed E-state index contributed by atoms with van der Waals surface area (Å²) in [5.41, 5.74) is 3.99. The number of hydrogen-bond donors (Lipinski definition) is 0. The van der Waals surface area contributed by atoms with E-state index in [0.717, 1.165) is 31.0 Å². The second kappa shape index (κ2) is 8.45. The molecule has 2 aromatic rings. The van der Waals surface area contributed by atoms with Gasteiger partial charge in [0.05, 0.1) is 6.04 Å². The highest BCUT2D eigenvalue weighted by Crippen LogP contribution is 2.40. The van der Waals surface area contributed by atoms with Gasteiger partial charge in [-0.3, -0.25) is 9.69 Å². The number of anilines is 2. The van der Waals surface area contributed by atoms with Gasteiger partial charge in [0.1, 0.15) is 12.4 Å². The number of aryl methyl sites for hydroxylation is 1. The summed E-state index contributed by atoms with van der Waals surface area (Å²) >= 11 is 0. The molecule has 7 heteroatoms. The van der Waals surface area contributed by atoms with Crippen molar-refractivity contribution in [2.24, 2.45) is 0 Å². The number of nitrogens with zero attached hydrogens (tertiary/aromatic N) is 4. The van der Waals surface area contributed by atoms with Gasteiger partial charge in [-0.25, -0.2) is 9.78 Å². The van der Waals surface area contributed by atoms with E-state index in [1.807, 2.05) is 42.3 Å². The predicted octanol–water partition coefficient (Wildman–Crippen LogP) is 3.97. The van der Waals surface area contributed by atoms with Crippen LogP contribution in [0.5, 0.6) is 0 Å². The zero-order valence-electron chi connectivity index (χ0n) is 18.8. The molecule has 1 aromatic carbocycles. The van der Waals surface area contributed by atoms with Crippen LogP contribution < -0.4 is 9.80 Å². The molecule has 0 bridgehead atoms. The lowest BCUT2D eigenvalue weighted by molar-refractivity contribution is 0.0746. The minimum atomic E-state index is -0.318. The van der Waals surface area contributed by atoms with Crippen molar-refractivity contribution < 1.29 is 14.3 Å². The molecule has 2 amide bonds. The Morgan fingerprint density at radius 2 is 1.84 bits per heavy atom. The molecule has 168 valence electrons. The second-order valence-corrected chi connectivity index (χ2v) is 9.02. The van der Waals surface area contributed by atoms with Crippen molar-refractivity contribution in [2.45, 2.75) is 45.1 Å². The number of rotatable bonds is 5. The highest BCUT2D eigenvalue weighted by molar-refractivity contribution is 5.96. The first-order valence-electron chi connectivity index (χ1n) is 11.6. The van der Waals surface area contributed by atoms with Gasteiger partial charge in [0, 0.05) is 43.6 Å². The van der Waals surface area contributed by atoms with E-state index in [0.29, 0.717) is 31.2 Å². The lowest BCUT2D eigenvalue weighted by Crippen LogP contribution is -2.49. The second-order valence-electron chi connectivity index (χ2n) is 9.02. The standard InChI is InChI=1S/C25H30N4O3/c1-3-21-16-32-25(31)29(21)22-8-6-19(7-9-22)24(30)28-12-10-27(11-13-28)23-17(2)14-20(15-26-23)18-4-5-18/h6-9,14-15,18,21H,3-5,10-13,16H2,1-2H3/t21-/m1/s1. The van der Waals surface area contributed by atoms with Gasteiger partial charge in [0.2, 0.25) is 0 Å². The van der Waals surface area contributed by atoms with Gasteiger partial charge in [0.15, 0.2) is 0 Å². The van der Waals surface area contributed by atoms with E-state index in [4.69, 9.17) is 9.72 Å². The smallest absolute Gasteiger partial charge is 0.414 e. The summed E-state index contributed by atoms with van der Waals surface area (Å²) in [7, 11) is 0. The van der Waals surface area contributed by atoms with Crippen LogP contribution in [0.15, 0.2) is 36.5 Å². The normalized spacial score (nSPS) is 21.1. The van der Waals surface area contributed by atoms with Crippen LogP contribution in [0.25, 0.3) is 0 Å². The summed E-state index contributed by atoms with van der Waals surface area (Å²) in [6, 6.07) is 9.63. The molecular formula is C25H30N4O3. The number of carbonyl (C=O) groups excluding carboxylic acids is 2. The first kappa shape index (κ1) is 20.8. The number of amides is 2. The largest absolute Gasteiger partial charge is 0.447 e. The van der Waals surface area contributed by atoms with Gasteiger partial charge in [-0.05, 0) is 67.5 Å². The molecule has 3 heterocycles. The molecule has 1 atom stereocenters. The maximum absolute atomic E-state index is 13.0. The van der Waals surface area contributed by atoms with Gasteiger partial charge in [0.25, 0.3) is 5.91 Å². The Bertz CT molecular complexity index is 1010. The number of aromatic nitrogens is 1. The van der Waals surface area contributed by atoms with Crippen LogP contribution in [0.1, 0.15) is 53.6 Å². The molecule has 3 aliphatic rings. The van der Waals surface area contributed by atoms with Crippen molar-refractivity contribution in [3.05, 3.63) is 53.2 Å². The highest BCUT2D eigenvalue weighted by atomic mass is 16.6. The number of benzene rings is 1. The fraction of sp³-hybridized carbons (Fsp3) is 0.480. The summed E-state index contributed by atoms with van der Waals surface area (Å²) in [6.45, 7) is 7.47. The van der Waals surface area contributed by atoms with E-state index >= 15 is 0 Å². The predicted molar refractivity (Wildman–Crippen MR) is 123 cm³/mol. The van der Waals surface area contributed by atoms with Crippen LogP contribution in [0.3, 0.4) is 0 Å². The molecule has 0 unspecified atom stereocenters. The minimum absolute atomic E-state index is 0.0287. The number of piperazine rings is 1. The monoisotopic (exact) mass is 434 g/mol. The molecule has 1 aromatic heterocycles. The summed E-state index contributed by atoms with van der Waals surface area (Å²) in [6.07, 6.45) is 5.10. The van der Waals surface area contributed by atoms with Crippen molar-refractivity contribution in [3.63, 3.8) is 0 Å². The van der Waals surface area contributed by atoms with E-state index < -0.39 is 0 Å². The van der Waals surface area contributed by atoms with Gasteiger partial charge >= 0.3 is 6.09 Å². The average Bonchev–Trinajstić information content (AvgIpc) is 3.61. The van der Waals surface area contributed by atoms with Crippen molar-refractivity contribution in [1.82, 2.24) is 9.88 Å². The third-order valence-corrected chi connectivity index (χ3v) is 6.81. The van der Waals surface area contributed by atoms with Crippen LogP contribution in [-0.2, 0) is 4.74 Å². The maximum Gasteiger partial charge on any atom is 0.414 e. The van der Waals surface area contributed by atoms with E-state index in [1.54, 1.807) is 4.90 Å². The SMILES string of the molecule is CC[C@@H]1COC(=O)N1c1ccc(C(=O)N2CCN(c3ncc(C4CC4)cc3C)CC2)cc1. The third kappa shape index (κ3) is 3.92. The summed E-state index contributed by atoms with van der Waals surface area (Å²) in [5.74, 6) is 1.77. The number of hydrogen-bond acceptors (Lipinski definition) is 5. The first-order valence-corrected chi connectivity index (χ1v) is 11.6. The van der Waals surface area contributed by atoms with E-state index in [2.05, 4.69) is 17.9 Å². The average molecular weight is 435 g/mol. The zero-order valence-corrected chi connectivity index (χ0v) is 18.8. The van der Waals surface area contributed by atoms with Gasteiger partial charge in [-0.1, -0.05) is 13.0 Å². The molecule has 7 nitrogen and oxygen atoms in total. The molecule has 0 spiro atoms. The fourth-order valence-corrected chi connectivity index (χ4v) is 4.71. The van der Waals surface area contributed by atoms with Crippen molar-refractivity contribution >= 4 is 23.5 Å². The summed E-state index contributed by atoms with van der Waals surface area (Å²) in [4.78, 5) is 35.7. The minimum Gasteiger partial charge on any atom is -0.447 e. The van der Waals surface area contributed by atoms with Crippen LogP contribution >= 0.6 is 0 Å². The van der Waals surface area contributed by atoms with E-state index in [1.165, 1.54) is 24.0 Å². The Morgan fingerprint density at radius 3 is 2.47 bits per heavy atom. The molecule has 2 saturated heterocycles. The molecule has 3 fully saturated rings. The Balaban J connectivity index is 1.21. The lowest BCUT2D eigenvalue weighted by atomic mass is 10.1. The number of ether oxygens (including phenoxy) is 1. The molecule has 1 aliphatic carbocycles.